The number of rotatable bonds is 4. The molecule has 0 aliphatic heterocycles. The van der Waals surface area contributed by atoms with E-state index in [0.717, 1.165) is 6.42 Å². The molecule has 1 unspecified atom stereocenters. The van der Waals surface area contributed by atoms with Crippen molar-refractivity contribution in [1.82, 2.24) is 0 Å². The molecular formula is C23H30O2Si. The van der Waals surface area contributed by atoms with Gasteiger partial charge in [0, 0.05) is 11.8 Å². The van der Waals surface area contributed by atoms with E-state index in [2.05, 4.69) is 81.4 Å². The predicted molar refractivity (Wildman–Crippen MR) is 111 cm³/mol. The summed E-state index contributed by atoms with van der Waals surface area (Å²) in [6.07, 6.45) is 1.40. The van der Waals surface area contributed by atoms with Gasteiger partial charge in [-0.25, -0.2) is 0 Å². The van der Waals surface area contributed by atoms with Crippen molar-refractivity contribution in [2.45, 2.75) is 58.6 Å². The Morgan fingerprint density at radius 1 is 0.923 bits per heavy atom. The molecule has 0 saturated heterocycles. The third-order valence-corrected chi connectivity index (χ3v) is 10.9. The van der Waals surface area contributed by atoms with Crippen molar-refractivity contribution < 1.29 is 9.22 Å². The standard InChI is InChI=1S/C23H30O2Si/c1-22(2,3)26(18-12-8-6-9-13-18,19-14-10-7-11-15-19)25-21-17-16-20(24)23(21,4)5/h6-15,21H,16-17H2,1-5H3. The van der Waals surface area contributed by atoms with E-state index in [4.69, 9.17) is 4.43 Å². The average Bonchev–Trinajstić information content (AvgIpc) is 2.86. The molecule has 2 nitrogen and oxygen atoms in total. The lowest BCUT2D eigenvalue weighted by atomic mass is 9.88. The molecule has 3 rings (SSSR count). The summed E-state index contributed by atoms with van der Waals surface area (Å²) in [5.74, 6) is 0.320. The SMILES string of the molecule is CC1(C)C(=O)CCC1O[Si](c1ccccc1)(c1ccccc1)C(C)(C)C. The van der Waals surface area contributed by atoms with E-state index in [1.807, 2.05) is 13.8 Å². The fraction of sp³-hybridized carbons (Fsp3) is 0.435. The Bertz CT molecular complexity index is 720. The first-order valence-corrected chi connectivity index (χ1v) is 11.4. The van der Waals surface area contributed by atoms with Crippen molar-refractivity contribution in [3.8, 4) is 0 Å². The van der Waals surface area contributed by atoms with Crippen LogP contribution in [0.2, 0.25) is 5.04 Å². The molecule has 2 aromatic carbocycles. The maximum Gasteiger partial charge on any atom is 0.261 e. The van der Waals surface area contributed by atoms with Crippen LogP contribution in [0.1, 0.15) is 47.5 Å². The number of carbonyl (C=O) groups excluding carboxylic acids is 1. The fourth-order valence-corrected chi connectivity index (χ4v) is 9.09. The predicted octanol–water partition coefficient (Wildman–Crippen LogP) is 4.32. The lowest BCUT2D eigenvalue weighted by Crippen LogP contribution is -2.68. The zero-order valence-corrected chi connectivity index (χ0v) is 17.6. The average molecular weight is 367 g/mol. The highest BCUT2D eigenvalue weighted by molar-refractivity contribution is 6.99. The maximum absolute atomic E-state index is 12.5. The monoisotopic (exact) mass is 366 g/mol. The van der Waals surface area contributed by atoms with Crippen molar-refractivity contribution in [1.29, 1.82) is 0 Å². The smallest absolute Gasteiger partial charge is 0.261 e. The van der Waals surface area contributed by atoms with Crippen LogP contribution >= 0.6 is 0 Å². The van der Waals surface area contributed by atoms with Gasteiger partial charge < -0.3 is 4.43 Å². The first kappa shape index (κ1) is 19.1. The van der Waals surface area contributed by atoms with Crippen molar-refractivity contribution in [3.63, 3.8) is 0 Å². The molecule has 138 valence electrons. The highest BCUT2D eigenvalue weighted by Gasteiger charge is 2.55. The second-order valence-electron chi connectivity index (χ2n) is 8.95. The van der Waals surface area contributed by atoms with Gasteiger partial charge in [-0.2, -0.15) is 0 Å². The lowest BCUT2D eigenvalue weighted by molar-refractivity contribution is -0.126. The number of carbonyl (C=O) groups is 1. The Hall–Kier alpha value is -1.71. The van der Waals surface area contributed by atoms with E-state index < -0.39 is 13.7 Å². The molecule has 0 bridgehead atoms. The molecule has 1 fully saturated rings. The van der Waals surface area contributed by atoms with Crippen LogP contribution in [0.15, 0.2) is 60.7 Å². The van der Waals surface area contributed by atoms with Gasteiger partial charge in [0.05, 0.1) is 6.10 Å². The van der Waals surface area contributed by atoms with Crippen molar-refractivity contribution in [2.24, 2.45) is 5.41 Å². The Kier molecular flexibility index (Phi) is 4.97. The van der Waals surface area contributed by atoms with Gasteiger partial charge in [-0.15, -0.1) is 0 Å². The molecule has 3 heteroatoms. The fourth-order valence-electron chi connectivity index (χ4n) is 4.24. The van der Waals surface area contributed by atoms with Crippen LogP contribution in [-0.2, 0) is 9.22 Å². The largest absolute Gasteiger partial charge is 0.403 e. The summed E-state index contributed by atoms with van der Waals surface area (Å²) < 4.78 is 7.14. The Morgan fingerprint density at radius 2 is 1.38 bits per heavy atom. The third-order valence-electron chi connectivity index (χ3n) is 5.89. The van der Waals surface area contributed by atoms with E-state index in [1.54, 1.807) is 0 Å². The van der Waals surface area contributed by atoms with Crippen LogP contribution in [0.25, 0.3) is 0 Å². The summed E-state index contributed by atoms with van der Waals surface area (Å²) in [6, 6.07) is 21.3. The molecule has 2 aromatic rings. The molecule has 0 heterocycles. The van der Waals surface area contributed by atoms with Crippen molar-refractivity contribution in [2.75, 3.05) is 0 Å². The summed E-state index contributed by atoms with van der Waals surface area (Å²) in [4.78, 5) is 12.5. The molecule has 26 heavy (non-hydrogen) atoms. The maximum atomic E-state index is 12.5. The van der Waals surface area contributed by atoms with Gasteiger partial charge in [0.25, 0.3) is 8.32 Å². The zero-order valence-electron chi connectivity index (χ0n) is 16.6. The van der Waals surface area contributed by atoms with Gasteiger partial charge in [-0.1, -0.05) is 95.3 Å². The minimum atomic E-state index is -2.58. The summed E-state index contributed by atoms with van der Waals surface area (Å²) in [5.41, 5.74) is -0.424. The first-order chi connectivity index (χ1) is 12.2. The third kappa shape index (κ3) is 3.08. The van der Waals surface area contributed by atoms with Crippen LogP contribution in [0.3, 0.4) is 0 Å². The van der Waals surface area contributed by atoms with Crippen LogP contribution < -0.4 is 10.4 Å². The molecule has 0 spiro atoms. The topological polar surface area (TPSA) is 26.3 Å². The number of ketones is 1. The minimum Gasteiger partial charge on any atom is -0.403 e. The van der Waals surface area contributed by atoms with Gasteiger partial charge >= 0.3 is 0 Å². The zero-order chi connectivity index (χ0) is 19.0. The summed E-state index contributed by atoms with van der Waals surface area (Å²) in [6.45, 7) is 10.9. The summed E-state index contributed by atoms with van der Waals surface area (Å²) in [7, 11) is -2.58. The lowest BCUT2D eigenvalue weighted by Gasteiger charge is -2.46. The quantitative estimate of drug-likeness (QED) is 0.753. The van der Waals surface area contributed by atoms with Gasteiger partial charge in [-0.05, 0) is 21.8 Å². The highest BCUT2D eigenvalue weighted by Crippen LogP contribution is 2.43. The number of hydrogen-bond donors (Lipinski definition) is 0. The minimum absolute atomic E-state index is 0.0405. The number of Topliss-reactive ketones (excluding diaryl/α,β-unsaturated/α-hetero) is 1. The summed E-state index contributed by atoms with van der Waals surface area (Å²) >= 11 is 0. The second-order valence-corrected chi connectivity index (χ2v) is 13.2. The molecule has 1 aliphatic rings. The van der Waals surface area contributed by atoms with Crippen molar-refractivity contribution in [3.05, 3.63) is 60.7 Å². The molecule has 0 amide bonds. The van der Waals surface area contributed by atoms with Gasteiger partial charge in [0.15, 0.2) is 0 Å². The van der Waals surface area contributed by atoms with E-state index in [-0.39, 0.29) is 11.1 Å². The first-order valence-electron chi connectivity index (χ1n) is 9.52. The van der Waals surface area contributed by atoms with E-state index in [0.29, 0.717) is 12.2 Å². The Balaban J connectivity index is 2.20. The molecule has 1 saturated carbocycles. The highest BCUT2D eigenvalue weighted by atomic mass is 28.4. The second kappa shape index (κ2) is 6.79. The normalized spacial score (nSPS) is 20.3. The molecule has 1 aliphatic carbocycles. The van der Waals surface area contributed by atoms with Crippen LogP contribution in [-0.4, -0.2) is 20.2 Å². The molecular weight excluding hydrogens is 336 g/mol. The van der Waals surface area contributed by atoms with Crippen LogP contribution in [0.4, 0.5) is 0 Å². The molecule has 0 aromatic heterocycles. The Morgan fingerprint density at radius 3 is 1.73 bits per heavy atom. The summed E-state index contributed by atoms with van der Waals surface area (Å²) in [5, 5.41) is 2.49. The molecule has 0 N–H and O–H groups in total. The molecule has 1 atom stereocenters. The van der Waals surface area contributed by atoms with Gasteiger partial charge in [0.1, 0.15) is 5.78 Å². The van der Waals surface area contributed by atoms with E-state index in [1.165, 1.54) is 10.4 Å². The van der Waals surface area contributed by atoms with E-state index in [9.17, 15) is 4.79 Å². The molecule has 0 radical (unpaired) electrons. The van der Waals surface area contributed by atoms with Crippen molar-refractivity contribution >= 4 is 24.5 Å². The Labute approximate surface area is 158 Å². The number of benzene rings is 2. The number of hydrogen-bond acceptors (Lipinski definition) is 2. The van der Waals surface area contributed by atoms with Crippen LogP contribution in [0, 0.1) is 5.41 Å². The van der Waals surface area contributed by atoms with Crippen LogP contribution in [0.5, 0.6) is 0 Å². The van der Waals surface area contributed by atoms with Gasteiger partial charge in [0.2, 0.25) is 0 Å². The van der Waals surface area contributed by atoms with E-state index >= 15 is 0 Å². The van der Waals surface area contributed by atoms with Gasteiger partial charge in [-0.3, -0.25) is 4.79 Å².